The molecule has 3 heteroatoms. The van der Waals surface area contributed by atoms with Gasteiger partial charge in [-0.3, -0.25) is 0 Å². The number of aliphatic hydroxyl groups is 2. The van der Waals surface area contributed by atoms with Crippen LogP contribution < -0.4 is 0 Å². The maximum atomic E-state index is 8.06. The molecule has 0 aromatic heterocycles. The van der Waals surface area contributed by atoms with Crippen molar-refractivity contribution in [2.45, 2.75) is 52.7 Å². The zero-order valence-corrected chi connectivity index (χ0v) is 16.7. The molecule has 0 bridgehead atoms. The Hall–Kier alpha value is -0.380. The number of allylic oxidation sites excluding steroid dienone is 8. The number of aliphatic hydroxyl groups excluding tert-OH is 2. The topological polar surface area (TPSA) is 40.5 Å². The minimum atomic E-state index is -1.68. The van der Waals surface area contributed by atoms with Crippen LogP contribution in [0.1, 0.15) is 40.5 Å². The van der Waals surface area contributed by atoms with Gasteiger partial charge in [0.25, 0.3) is 0 Å². The van der Waals surface area contributed by atoms with Gasteiger partial charge >= 0.3 is 81.2 Å². The Labute approximate surface area is 131 Å². The van der Waals surface area contributed by atoms with Gasteiger partial charge < -0.3 is 10.2 Å². The molecular formula is C17H28HfO2. The molecule has 0 aromatic rings. The van der Waals surface area contributed by atoms with Crippen LogP contribution in [-0.2, 0) is 21.0 Å². The third kappa shape index (κ3) is 10.4. The summed E-state index contributed by atoms with van der Waals surface area (Å²) in [6.07, 6.45) is 15.4. The van der Waals surface area contributed by atoms with E-state index >= 15 is 0 Å². The second kappa shape index (κ2) is 11.3. The molecule has 20 heavy (non-hydrogen) atoms. The molecule has 112 valence electrons. The van der Waals surface area contributed by atoms with E-state index in [0.29, 0.717) is 0 Å². The molecule has 0 amide bonds. The van der Waals surface area contributed by atoms with Gasteiger partial charge in [0, 0.05) is 12.2 Å². The maximum absolute atomic E-state index is 8.06. The molecule has 0 radical (unpaired) electrons. The van der Waals surface area contributed by atoms with E-state index in [9.17, 15) is 0 Å². The van der Waals surface area contributed by atoms with Crippen molar-refractivity contribution in [2.75, 3.05) is 0 Å². The number of rotatable bonds is 2. The van der Waals surface area contributed by atoms with Crippen molar-refractivity contribution in [3.8, 4) is 0 Å². The summed E-state index contributed by atoms with van der Waals surface area (Å²) < 4.78 is 7.72. The van der Waals surface area contributed by atoms with Gasteiger partial charge in [0.1, 0.15) is 0 Å². The molecule has 0 heterocycles. The summed E-state index contributed by atoms with van der Waals surface area (Å²) in [7, 11) is 0. The number of hydrogen-bond donors (Lipinski definition) is 2. The summed E-state index contributed by atoms with van der Waals surface area (Å²) in [6, 6.07) is 0. The van der Waals surface area contributed by atoms with Crippen LogP contribution in [-0.4, -0.2) is 26.7 Å². The van der Waals surface area contributed by atoms with E-state index in [1.807, 2.05) is 0 Å². The Bertz CT molecular complexity index is 369. The Morgan fingerprint density at radius 2 is 1.20 bits per heavy atom. The predicted octanol–water partition coefficient (Wildman–Crippen LogP) is 3.50. The second-order valence-electron chi connectivity index (χ2n) is 5.31. The molecule has 0 saturated carbocycles. The van der Waals surface area contributed by atoms with Crippen molar-refractivity contribution >= 4 is 4.26 Å². The average molecular weight is 443 g/mol. The van der Waals surface area contributed by atoms with Crippen molar-refractivity contribution in [1.82, 2.24) is 0 Å². The van der Waals surface area contributed by atoms with E-state index in [-0.39, 0.29) is 12.2 Å². The first kappa shape index (κ1) is 19.6. The SMILES string of the molecule is CC(C)O.CC(C)O.[CH2]=[Hf]([C]1=CC=CC1)[C]1=CC=CC1. The third-order valence-corrected chi connectivity index (χ3v) is 10.6. The van der Waals surface area contributed by atoms with Gasteiger partial charge in [-0.25, -0.2) is 0 Å². The fourth-order valence-electron chi connectivity index (χ4n) is 1.55. The third-order valence-electron chi connectivity index (χ3n) is 2.32. The van der Waals surface area contributed by atoms with Gasteiger partial charge in [-0.2, -0.15) is 0 Å². The second-order valence-corrected chi connectivity index (χ2v) is 13.4. The van der Waals surface area contributed by atoms with Crippen molar-refractivity contribution < 1.29 is 31.2 Å². The van der Waals surface area contributed by atoms with E-state index in [1.165, 1.54) is 12.8 Å². The molecule has 2 rings (SSSR count). The van der Waals surface area contributed by atoms with Crippen molar-refractivity contribution in [1.29, 1.82) is 0 Å². The Kier molecular flexibility index (Phi) is 11.1. The summed E-state index contributed by atoms with van der Waals surface area (Å²) in [5.41, 5.74) is 0. The van der Waals surface area contributed by atoms with Crippen LogP contribution >= 0.6 is 0 Å². The molecule has 2 aliphatic carbocycles. The van der Waals surface area contributed by atoms with Crippen LogP contribution in [0.2, 0.25) is 0 Å². The van der Waals surface area contributed by atoms with Crippen molar-refractivity contribution in [3.63, 3.8) is 0 Å². The van der Waals surface area contributed by atoms with E-state index in [2.05, 4.69) is 40.7 Å². The summed E-state index contributed by atoms with van der Waals surface area (Å²) in [4.78, 5) is 0. The van der Waals surface area contributed by atoms with Crippen LogP contribution in [0.5, 0.6) is 0 Å². The Morgan fingerprint density at radius 3 is 1.40 bits per heavy atom. The first-order valence-electron chi connectivity index (χ1n) is 7.11. The van der Waals surface area contributed by atoms with Gasteiger partial charge in [-0.1, -0.05) is 0 Å². The number of hydrogen-bond acceptors (Lipinski definition) is 2. The normalized spacial score (nSPS) is 15.4. The molecule has 0 fully saturated rings. The first-order chi connectivity index (χ1) is 9.34. The van der Waals surface area contributed by atoms with E-state index < -0.39 is 21.0 Å². The molecule has 0 saturated heterocycles. The zero-order valence-electron chi connectivity index (χ0n) is 13.1. The standard InChI is InChI=1S/2C5H5.2C3H8O.CH2.Hf/c2*1-2-4-5-3-1;2*1-3(2)4;;/h2*1-3H,4H2;2*3-4H,1-2H3;1H2;. The summed E-state index contributed by atoms with van der Waals surface area (Å²) in [5, 5.41) is 16.1. The molecule has 0 spiro atoms. The zero-order chi connectivity index (χ0) is 15.5. The van der Waals surface area contributed by atoms with Gasteiger partial charge in [0.15, 0.2) is 0 Å². The molecular weight excluding hydrogens is 415 g/mol. The molecule has 2 aliphatic rings. The Balaban J connectivity index is 0.000000380. The molecule has 0 atom stereocenters. The predicted molar refractivity (Wildman–Crippen MR) is 85.5 cm³/mol. The fraction of sp³-hybridized carbons (Fsp3) is 0.471. The molecule has 0 unspecified atom stereocenters. The van der Waals surface area contributed by atoms with Crippen LogP contribution in [0.25, 0.3) is 0 Å². The van der Waals surface area contributed by atoms with Gasteiger partial charge in [-0.15, -0.1) is 0 Å². The van der Waals surface area contributed by atoms with Gasteiger partial charge in [0.2, 0.25) is 0 Å². The summed E-state index contributed by atoms with van der Waals surface area (Å²) in [5.74, 6) is 0. The van der Waals surface area contributed by atoms with E-state index in [0.717, 1.165) is 0 Å². The summed E-state index contributed by atoms with van der Waals surface area (Å²) in [6.45, 7) is 6.89. The quantitative estimate of drug-likeness (QED) is 0.643. The molecule has 0 aromatic carbocycles. The molecule has 0 aliphatic heterocycles. The van der Waals surface area contributed by atoms with Gasteiger partial charge in [-0.05, 0) is 27.7 Å². The average Bonchev–Trinajstić information content (AvgIpc) is 3.01. The van der Waals surface area contributed by atoms with Crippen LogP contribution in [0.3, 0.4) is 0 Å². The van der Waals surface area contributed by atoms with Crippen molar-refractivity contribution in [3.05, 3.63) is 43.1 Å². The van der Waals surface area contributed by atoms with Crippen LogP contribution in [0, 0.1) is 0 Å². The van der Waals surface area contributed by atoms with Crippen LogP contribution in [0.4, 0.5) is 0 Å². The monoisotopic (exact) mass is 444 g/mol. The van der Waals surface area contributed by atoms with Gasteiger partial charge in [0.05, 0.1) is 0 Å². The molecule has 2 nitrogen and oxygen atoms in total. The fourth-order valence-corrected chi connectivity index (χ4v) is 7.78. The van der Waals surface area contributed by atoms with Crippen LogP contribution in [0.15, 0.2) is 43.1 Å². The summed E-state index contributed by atoms with van der Waals surface area (Å²) >= 11 is -1.68. The van der Waals surface area contributed by atoms with E-state index in [4.69, 9.17) is 10.2 Å². The van der Waals surface area contributed by atoms with Crippen molar-refractivity contribution in [2.24, 2.45) is 0 Å². The first-order valence-corrected chi connectivity index (χ1v) is 13.2. The Morgan fingerprint density at radius 1 is 0.900 bits per heavy atom. The molecule has 2 N–H and O–H groups in total. The van der Waals surface area contributed by atoms with E-state index in [1.54, 1.807) is 34.4 Å². The minimum absolute atomic E-state index is 0.167.